The van der Waals surface area contributed by atoms with Crippen LogP contribution < -0.4 is 4.90 Å². The summed E-state index contributed by atoms with van der Waals surface area (Å²) in [6.45, 7) is 4.39. The Labute approximate surface area is 103 Å². The van der Waals surface area contributed by atoms with Gasteiger partial charge in [-0.25, -0.2) is 4.79 Å². The highest BCUT2D eigenvalue weighted by Gasteiger charge is 2.12. The fourth-order valence-corrected chi connectivity index (χ4v) is 1.74. The first-order valence-corrected chi connectivity index (χ1v) is 5.95. The number of rotatable bonds is 5. The van der Waals surface area contributed by atoms with E-state index in [2.05, 4.69) is 13.8 Å². The lowest BCUT2D eigenvalue weighted by molar-refractivity contribution is 0.0697. The second-order valence-corrected chi connectivity index (χ2v) is 4.98. The summed E-state index contributed by atoms with van der Waals surface area (Å²) >= 11 is 0. The normalized spacial score (nSPS) is 10.6. The van der Waals surface area contributed by atoms with E-state index in [1.165, 1.54) is 5.56 Å². The lowest BCUT2D eigenvalue weighted by Crippen LogP contribution is -2.14. The second-order valence-electron chi connectivity index (χ2n) is 4.98. The molecule has 0 fully saturated rings. The largest absolute Gasteiger partial charge is 0.478 e. The van der Waals surface area contributed by atoms with E-state index in [4.69, 9.17) is 5.11 Å². The zero-order chi connectivity index (χ0) is 13.0. The summed E-state index contributed by atoms with van der Waals surface area (Å²) in [6.07, 6.45) is 2.12. The molecule has 0 radical (unpaired) electrons. The molecule has 0 aliphatic heterocycles. The van der Waals surface area contributed by atoms with Crippen LogP contribution in [0.15, 0.2) is 18.2 Å². The van der Waals surface area contributed by atoms with Crippen molar-refractivity contribution in [3.63, 3.8) is 0 Å². The van der Waals surface area contributed by atoms with E-state index in [-0.39, 0.29) is 0 Å². The number of hydrogen-bond donors (Lipinski definition) is 1. The first-order valence-electron chi connectivity index (χ1n) is 5.95. The third kappa shape index (κ3) is 3.77. The van der Waals surface area contributed by atoms with Gasteiger partial charge >= 0.3 is 5.97 Å². The van der Waals surface area contributed by atoms with Crippen molar-refractivity contribution in [1.82, 2.24) is 0 Å². The Kier molecular flexibility index (Phi) is 4.55. The number of hydrogen-bond acceptors (Lipinski definition) is 2. The van der Waals surface area contributed by atoms with Crippen molar-refractivity contribution >= 4 is 11.7 Å². The smallest absolute Gasteiger partial charge is 0.337 e. The van der Waals surface area contributed by atoms with Gasteiger partial charge in [-0.2, -0.15) is 0 Å². The van der Waals surface area contributed by atoms with Crippen molar-refractivity contribution in [1.29, 1.82) is 0 Å². The minimum Gasteiger partial charge on any atom is -0.478 e. The number of aryl methyl sites for hydroxylation is 1. The Morgan fingerprint density at radius 3 is 2.47 bits per heavy atom. The molecule has 0 unspecified atom stereocenters. The molecular weight excluding hydrogens is 214 g/mol. The Morgan fingerprint density at radius 2 is 2.00 bits per heavy atom. The molecule has 0 spiro atoms. The van der Waals surface area contributed by atoms with Crippen LogP contribution in [0, 0.1) is 5.92 Å². The molecule has 0 saturated carbocycles. The summed E-state index contributed by atoms with van der Waals surface area (Å²) < 4.78 is 0. The number of anilines is 1. The Morgan fingerprint density at radius 1 is 1.35 bits per heavy atom. The molecule has 3 nitrogen and oxygen atoms in total. The van der Waals surface area contributed by atoms with Gasteiger partial charge in [0, 0.05) is 14.1 Å². The molecule has 0 amide bonds. The van der Waals surface area contributed by atoms with Gasteiger partial charge in [0.1, 0.15) is 0 Å². The molecule has 0 atom stereocenters. The third-order valence-corrected chi connectivity index (χ3v) is 2.78. The van der Waals surface area contributed by atoms with Crippen LogP contribution in [0.25, 0.3) is 0 Å². The van der Waals surface area contributed by atoms with E-state index in [1.54, 1.807) is 6.07 Å². The van der Waals surface area contributed by atoms with Crippen molar-refractivity contribution in [2.24, 2.45) is 5.92 Å². The number of carboxylic acid groups (broad SMARTS) is 1. The summed E-state index contributed by atoms with van der Waals surface area (Å²) in [5.41, 5.74) is 2.34. The van der Waals surface area contributed by atoms with E-state index in [0.29, 0.717) is 11.5 Å². The highest BCUT2D eigenvalue weighted by molar-refractivity contribution is 5.94. The van der Waals surface area contributed by atoms with Crippen LogP contribution in [0.5, 0.6) is 0 Å². The van der Waals surface area contributed by atoms with E-state index in [1.807, 2.05) is 31.1 Å². The van der Waals surface area contributed by atoms with E-state index in [0.717, 1.165) is 18.5 Å². The maximum Gasteiger partial charge on any atom is 0.337 e. The molecule has 0 bridgehead atoms. The summed E-state index contributed by atoms with van der Waals surface area (Å²) in [7, 11) is 3.74. The molecule has 0 aromatic heterocycles. The van der Waals surface area contributed by atoms with E-state index < -0.39 is 5.97 Å². The van der Waals surface area contributed by atoms with Gasteiger partial charge in [-0.05, 0) is 36.5 Å². The summed E-state index contributed by atoms with van der Waals surface area (Å²) in [5, 5.41) is 9.10. The van der Waals surface area contributed by atoms with E-state index in [9.17, 15) is 4.79 Å². The third-order valence-electron chi connectivity index (χ3n) is 2.78. The predicted octanol–water partition coefficient (Wildman–Crippen LogP) is 3.04. The molecule has 1 aromatic carbocycles. The maximum absolute atomic E-state index is 11.1. The van der Waals surface area contributed by atoms with Crippen LogP contribution in [-0.2, 0) is 6.42 Å². The quantitative estimate of drug-likeness (QED) is 0.852. The Balaban J connectivity index is 2.97. The van der Waals surface area contributed by atoms with Gasteiger partial charge in [-0.15, -0.1) is 0 Å². The average molecular weight is 235 g/mol. The maximum atomic E-state index is 11.1. The Bertz CT molecular complexity index is 397. The molecule has 3 heteroatoms. The van der Waals surface area contributed by atoms with Gasteiger partial charge in [-0.1, -0.05) is 19.9 Å². The number of carbonyl (C=O) groups is 1. The van der Waals surface area contributed by atoms with Gasteiger partial charge in [0.15, 0.2) is 0 Å². The molecule has 94 valence electrons. The van der Waals surface area contributed by atoms with Crippen molar-refractivity contribution in [2.75, 3.05) is 19.0 Å². The van der Waals surface area contributed by atoms with Gasteiger partial charge < -0.3 is 10.0 Å². The lowest BCUT2D eigenvalue weighted by Gasteiger charge is -2.17. The number of carboxylic acids is 1. The molecule has 1 N–H and O–H groups in total. The summed E-state index contributed by atoms with van der Waals surface area (Å²) in [4.78, 5) is 12.9. The molecular formula is C14H21NO2. The van der Waals surface area contributed by atoms with Crippen LogP contribution in [-0.4, -0.2) is 25.2 Å². The van der Waals surface area contributed by atoms with Crippen molar-refractivity contribution in [2.45, 2.75) is 26.7 Å². The molecule has 17 heavy (non-hydrogen) atoms. The van der Waals surface area contributed by atoms with Crippen molar-refractivity contribution in [3.05, 3.63) is 29.3 Å². The highest BCUT2D eigenvalue weighted by Crippen LogP contribution is 2.22. The number of aromatic carboxylic acids is 1. The van der Waals surface area contributed by atoms with Crippen LogP contribution in [0.4, 0.5) is 5.69 Å². The minimum atomic E-state index is -0.871. The molecule has 0 heterocycles. The molecule has 1 aromatic rings. The van der Waals surface area contributed by atoms with Crippen LogP contribution >= 0.6 is 0 Å². The fourth-order valence-electron chi connectivity index (χ4n) is 1.74. The van der Waals surface area contributed by atoms with Gasteiger partial charge in [0.2, 0.25) is 0 Å². The molecule has 0 aliphatic rings. The fraction of sp³-hybridized carbons (Fsp3) is 0.500. The number of nitrogens with zero attached hydrogens (tertiary/aromatic N) is 1. The molecule has 1 rings (SSSR count). The minimum absolute atomic E-state index is 0.364. The summed E-state index contributed by atoms with van der Waals surface area (Å²) in [6, 6.07) is 5.60. The molecule has 0 aliphatic carbocycles. The zero-order valence-corrected chi connectivity index (χ0v) is 11.0. The molecule has 0 saturated heterocycles. The summed E-state index contributed by atoms with van der Waals surface area (Å²) in [5.74, 6) is -0.207. The first-order chi connectivity index (χ1) is 7.91. The highest BCUT2D eigenvalue weighted by atomic mass is 16.4. The average Bonchev–Trinajstić information content (AvgIpc) is 2.25. The second kappa shape index (κ2) is 5.71. The predicted molar refractivity (Wildman–Crippen MR) is 70.9 cm³/mol. The van der Waals surface area contributed by atoms with Crippen molar-refractivity contribution in [3.8, 4) is 0 Å². The first kappa shape index (κ1) is 13.6. The van der Waals surface area contributed by atoms with Crippen LogP contribution in [0.2, 0.25) is 0 Å². The SMILES string of the molecule is CC(C)CCc1ccc(C(=O)O)c(N(C)C)c1. The lowest BCUT2D eigenvalue weighted by atomic mass is 10.0. The van der Waals surface area contributed by atoms with Crippen LogP contribution in [0.3, 0.4) is 0 Å². The van der Waals surface area contributed by atoms with Crippen molar-refractivity contribution < 1.29 is 9.90 Å². The van der Waals surface area contributed by atoms with Gasteiger partial charge in [0.25, 0.3) is 0 Å². The standard InChI is InChI=1S/C14H21NO2/c1-10(2)5-6-11-7-8-12(14(16)17)13(9-11)15(3)4/h7-10H,5-6H2,1-4H3,(H,16,17). The number of benzene rings is 1. The Hall–Kier alpha value is -1.51. The topological polar surface area (TPSA) is 40.5 Å². The van der Waals surface area contributed by atoms with Crippen LogP contribution in [0.1, 0.15) is 36.2 Å². The van der Waals surface area contributed by atoms with Gasteiger partial charge in [0.05, 0.1) is 11.3 Å². The zero-order valence-electron chi connectivity index (χ0n) is 11.0. The van der Waals surface area contributed by atoms with Gasteiger partial charge in [-0.3, -0.25) is 0 Å². The van der Waals surface area contributed by atoms with E-state index >= 15 is 0 Å². The monoisotopic (exact) mass is 235 g/mol.